The fraction of sp³-hybridized carbons (Fsp3) is 0.462. The molecule has 0 aliphatic rings. The Morgan fingerprint density at radius 1 is 1.35 bits per heavy atom. The topological polar surface area (TPSA) is 55.8 Å². The molecule has 0 radical (unpaired) electrons. The molecule has 1 rings (SSSR count). The number of benzene rings is 1. The molecule has 0 saturated carbocycles. The molecule has 2 unspecified atom stereocenters. The van der Waals surface area contributed by atoms with Crippen LogP contribution in [0.15, 0.2) is 18.2 Å². The van der Waals surface area contributed by atoms with Crippen LogP contribution in [0.5, 0.6) is 5.75 Å². The lowest BCUT2D eigenvalue weighted by Crippen LogP contribution is -2.20. The molecule has 0 aromatic heterocycles. The highest BCUT2D eigenvalue weighted by molar-refractivity contribution is 5.72. The summed E-state index contributed by atoms with van der Waals surface area (Å²) in [4.78, 5) is 11.3. The van der Waals surface area contributed by atoms with Gasteiger partial charge in [0.05, 0.1) is 26.2 Å². The Labute approximate surface area is 101 Å². The van der Waals surface area contributed by atoms with Crippen molar-refractivity contribution in [3.8, 4) is 5.75 Å². The molecule has 0 spiro atoms. The number of methoxy groups -OCH3 is 2. The molecule has 17 heavy (non-hydrogen) atoms. The molecule has 0 bridgehead atoms. The third-order valence-electron chi connectivity index (χ3n) is 2.81. The summed E-state index contributed by atoms with van der Waals surface area (Å²) in [6.45, 7) is 3.52. The Kier molecular flexibility index (Phi) is 4.52. The molecule has 0 amide bonds. The number of hydrogen-bond donors (Lipinski definition) is 1. The number of aliphatic hydroxyl groups excluding tert-OH is 1. The van der Waals surface area contributed by atoms with Gasteiger partial charge in [-0.25, -0.2) is 0 Å². The average Bonchev–Trinajstić information content (AvgIpc) is 2.35. The molecule has 4 nitrogen and oxygen atoms in total. The van der Waals surface area contributed by atoms with Crippen molar-refractivity contribution >= 4 is 5.97 Å². The first kappa shape index (κ1) is 13.5. The second-order valence-electron chi connectivity index (χ2n) is 3.99. The maximum absolute atomic E-state index is 11.3. The van der Waals surface area contributed by atoms with Crippen molar-refractivity contribution in [2.45, 2.75) is 20.0 Å². The summed E-state index contributed by atoms with van der Waals surface area (Å²) < 4.78 is 9.74. The lowest BCUT2D eigenvalue weighted by Gasteiger charge is -2.18. The maximum atomic E-state index is 11.3. The average molecular weight is 238 g/mol. The van der Waals surface area contributed by atoms with Gasteiger partial charge in [0.25, 0.3) is 0 Å². The molecule has 1 N–H and O–H groups in total. The van der Waals surface area contributed by atoms with Gasteiger partial charge in [0, 0.05) is 0 Å². The van der Waals surface area contributed by atoms with Gasteiger partial charge in [-0.1, -0.05) is 6.07 Å². The van der Waals surface area contributed by atoms with Crippen LogP contribution < -0.4 is 4.74 Å². The fourth-order valence-electron chi connectivity index (χ4n) is 1.69. The number of esters is 1. The molecule has 0 saturated heterocycles. The standard InChI is InChI=1S/C13H18O4/c1-8-7-10(5-6-11(8)16-3)12(14)9(2)13(15)17-4/h5-7,9,12,14H,1-4H3. The van der Waals surface area contributed by atoms with Crippen LogP contribution in [0.25, 0.3) is 0 Å². The highest BCUT2D eigenvalue weighted by Crippen LogP contribution is 2.27. The third kappa shape index (κ3) is 2.97. The van der Waals surface area contributed by atoms with Crippen molar-refractivity contribution in [3.63, 3.8) is 0 Å². The summed E-state index contributed by atoms with van der Waals surface area (Å²) in [6, 6.07) is 5.33. The van der Waals surface area contributed by atoms with Crippen molar-refractivity contribution in [1.82, 2.24) is 0 Å². The Morgan fingerprint density at radius 2 is 2.00 bits per heavy atom. The van der Waals surface area contributed by atoms with E-state index in [9.17, 15) is 9.90 Å². The zero-order valence-corrected chi connectivity index (χ0v) is 10.6. The SMILES string of the molecule is COC(=O)C(C)C(O)c1ccc(OC)c(C)c1. The Balaban J connectivity index is 2.93. The van der Waals surface area contributed by atoms with Crippen molar-refractivity contribution < 1.29 is 19.4 Å². The van der Waals surface area contributed by atoms with E-state index in [1.165, 1.54) is 7.11 Å². The molecule has 1 aromatic carbocycles. The van der Waals surface area contributed by atoms with E-state index in [1.807, 2.05) is 13.0 Å². The summed E-state index contributed by atoms with van der Waals surface area (Å²) in [5, 5.41) is 10.0. The van der Waals surface area contributed by atoms with Crippen LogP contribution in [0.3, 0.4) is 0 Å². The first-order valence-electron chi connectivity index (χ1n) is 5.41. The van der Waals surface area contributed by atoms with Crippen LogP contribution in [0.2, 0.25) is 0 Å². The van der Waals surface area contributed by atoms with Gasteiger partial charge in [-0.3, -0.25) is 4.79 Å². The van der Waals surface area contributed by atoms with Gasteiger partial charge in [-0.05, 0) is 37.1 Å². The quantitative estimate of drug-likeness (QED) is 0.813. The second-order valence-corrected chi connectivity index (χ2v) is 3.99. The van der Waals surface area contributed by atoms with Gasteiger partial charge in [-0.15, -0.1) is 0 Å². The minimum Gasteiger partial charge on any atom is -0.496 e. The van der Waals surface area contributed by atoms with Crippen LogP contribution in [0.4, 0.5) is 0 Å². The van der Waals surface area contributed by atoms with Crippen molar-refractivity contribution in [2.75, 3.05) is 14.2 Å². The molecular formula is C13H18O4. The number of hydrogen-bond acceptors (Lipinski definition) is 4. The number of carbonyl (C=O) groups excluding carboxylic acids is 1. The summed E-state index contributed by atoms with van der Waals surface area (Å²) in [5.74, 6) is -0.259. The predicted octanol–water partition coefficient (Wildman–Crippen LogP) is 1.85. The van der Waals surface area contributed by atoms with Crippen molar-refractivity contribution in [2.24, 2.45) is 5.92 Å². The van der Waals surface area contributed by atoms with E-state index in [4.69, 9.17) is 4.74 Å². The summed E-state index contributed by atoms with van der Waals surface area (Å²) in [5.41, 5.74) is 1.60. The Bertz CT molecular complexity index is 400. The summed E-state index contributed by atoms with van der Waals surface area (Å²) in [7, 11) is 2.90. The smallest absolute Gasteiger partial charge is 0.311 e. The van der Waals surface area contributed by atoms with E-state index in [2.05, 4.69) is 4.74 Å². The van der Waals surface area contributed by atoms with E-state index in [1.54, 1.807) is 26.2 Å². The highest BCUT2D eigenvalue weighted by atomic mass is 16.5. The minimum absolute atomic E-state index is 0.425. The number of aliphatic hydroxyl groups is 1. The molecule has 0 aliphatic heterocycles. The van der Waals surface area contributed by atoms with Crippen LogP contribution in [-0.4, -0.2) is 25.3 Å². The van der Waals surface area contributed by atoms with Gasteiger partial charge in [0.15, 0.2) is 0 Å². The van der Waals surface area contributed by atoms with E-state index < -0.39 is 18.0 Å². The number of aryl methyl sites for hydroxylation is 1. The van der Waals surface area contributed by atoms with Gasteiger partial charge < -0.3 is 14.6 Å². The maximum Gasteiger partial charge on any atom is 0.311 e. The molecule has 1 aromatic rings. The first-order chi connectivity index (χ1) is 8.01. The molecule has 0 fully saturated rings. The summed E-state index contributed by atoms with van der Waals surface area (Å²) >= 11 is 0. The van der Waals surface area contributed by atoms with Gasteiger partial charge in [0.1, 0.15) is 5.75 Å². The van der Waals surface area contributed by atoms with Crippen LogP contribution >= 0.6 is 0 Å². The van der Waals surface area contributed by atoms with Gasteiger partial charge in [-0.2, -0.15) is 0 Å². The van der Waals surface area contributed by atoms with E-state index in [0.29, 0.717) is 5.56 Å². The van der Waals surface area contributed by atoms with Crippen molar-refractivity contribution in [3.05, 3.63) is 29.3 Å². The number of carbonyl (C=O) groups is 1. The van der Waals surface area contributed by atoms with Crippen LogP contribution in [-0.2, 0) is 9.53 Å². The van der Waals surface area contributed by atoms with Gasteiger partial charge in [0.2, 0.25) is 0 Å². The Morgan fingerprint density at radius 3 is 2.47 bits per heavy atom. The predicted molar refractivity (Wildman–Crippen MR) is 63.9 cm³/mol. The zero-order chi connectivity index (χ0) is 13.0. The van der Waals surface area contributed by atoms with Crippen molar-refractivity contribution in [1.29, 1.82) is 0 Å². The number of rotatable bonds is 4. The highest BCUT2D eigenvalue weighted by Gasteiger charge is 2.24. The third-order valence-corrected chi connectivity index (χ3v) is 2.81. The monoisotopic (exact) mass is 238 g/mol. The number of ether oxygens (including phenoxy) is 2. The fourth-order valence-corrected chi connectivity index (χ4v) is 1.69. The molecular weight excluding hydrogens is 220 g/mol. The van der Waals surface area contributed by atoms with E-state index >= 15 is 0 Å². The normalized spacial score (nSPS) is 13.9. The summed E-state index contributed by atoms with van der Waals surface area (Å²) in [6.07, 6.45) is -0.868. The van der Waals surface area contributed by atoms with Crippen LogP contribution in [0.1, 0.15) is 24.2 Å². The first-order valence-corrected chi connectivity index (χ1v) is 5.41. The molecule has 4 heteroatoms. The lowest BCUT2D eigenvalue weighted by atomic mass is 9.96. The Hall–Kier alpha value is -1.55. The zero-order valence-electron chi connectivity index (χ0n) is 10.6. The van der Waals surface area contributed by atoms with E-state index in [0.717, 1.165) is 11.3 Å². The molecule has 0 aliphatic carbocycles. The van der Waals surface area contributed by atoms with Crippen LogP contribution in [0, 0.1) is 12.8 Å². The lowest BCUT2D eigenvalue weighted by molar-refractivity contribution is -0.148. The minimum atomic E-state index is -0.868. The molecule has 0 heterocycles. The second kappa shape index (κ2) is 5.68. The molecule has 2 atom stereocenters. The van der Waals surface area contributed by atoms with E-state index in [-0.39, 0.29) is 0 Å². The largest absolute Gasteiger partial charge is 0.496 e. The molecule has 94 valence electrons. The van der Waals surface area contributed by atoms with Gasteiger partial charge >= 0.3 is 5.97 Å².